The summed E-state index contributed by atoms with van der Waals surface area (Å²) in [6.45, 7) is 8.36. The van der Waals surface area contributed by atoms with E-state index in [1.165, 1.54) is 58.0 Å². The van der Waals surface area contributed by atoms with Gasteiger partial charge in [0.1, 0.15) is 0 Å². The lowest BCUT2D eigenvalue weighted by Crippen LogP contribution is -2.16. The van der Waals surface area contributed by atoms with Crippen LogP contribution < -0.4 is 5.32 Å². The van der Waals surface area contributed by atoms with Crippen molar-refractivity contribution in [3.05, 3.63) is 12.7 Å². The molecule has 0 saturated carbocycles. The smallest absolute Gasteiger partial charge is 0.00489 e. The van der Waals surface area contributed by atoms with Crippen molar-refractivity contribution in [3.8, 4) is 0 Å². The number of allylic oxidation sites excluding steroid dienone is 1. The third-order valence-corrected chi connectivity index (χ3v) is 2.22. The van der Waals surface area contributed by atoms with E-state index in [1.54, 1.807) is 0 Å². The van der Waals surface area contributed by atoms with E-state index < -0.39 is 0 Å². The largest absolute Gasteiger partial charge is 0.317 e. The summed E-state index contributed by atoms with van der Waals surface area (Å²) in [4.78, 5) is 0. The Labute approximate surface area is 83.6 Å². The Morgan fingerprint density at radius 3 is 2.31 bits per heavy atom. The molecule has 0 aromatic heterocycles. The van der Waals surface area contributed by atoms with Gasteiger partial charge in [-0.05, 0) is 38.8 Å². The standard InChI is InChI=1S/C12H25N/c1-3-5-7-8-10-12-13-11-9-6-4-2/h3,13H,1,4-12H2,2H3. The van der Waals surface area contributed by atoms with E-state index in [0.29, 0.717) is 0 Å². The molecule has 0 radical (unpaired) electrons. The Hall–Kier alpha value is -0.300. The maximum atomic E-state index is 3.71. The maximum Gasteiger partial charge on any atom is -0.00489 e. The average molecular weight is 183 g/mol. The molecule has 0 aromatic carbocycles. The number of hydrogen-bond donors (Lipinski definition) is 1. The van der Waals surface area contributed by atoms with Crippen LogP contribution in [0.1, 0.15) is 51.9 Å². The molecule has 78 valence electrons. The highest BCUT2D eigenvalue weighted by Gasteiger charge is 1.88. The molecule has 0 spiro atoms. The van der Waals surface area contributed by atoms with Crippen molar-refractivity contribution in [3.63, 3.8) is 0 Å². The molecule has 0 aliphatic carbocycles. The van der Waals surface area contributed by atoms with E-state index in [4.69, 9.17) is 0 Å². The summed E-state index contributed by atoms with van der Waals surface area (Å²) >= 11 is 0. The van der Waals surface area contributed by atoms with Gasteiger partial charge in [0.25, 0.3) is 0 Å². The Morgan fingerprint density at radius 2 is 1.69 bits per heavy atom. The van der Waals surface area contributed by atoms with Gasteiger partial charge in [0.05, 0.1) is 0 Å². The summed E-state index contributed by atoms with van der Waals surface area (Å²) in [5.41, 5.74) is 0. The first-order valence-electron chi connectivity index (χ1n) is 5.73. The van der Waals surface area contributed by atoms with Gasteiger partial charge in [-0.2, -0.15) is 0 Å². The minimum atomic E-state index is 1.18. The van der Waals surface area contributed by atoms with E-state index in [9.17, 15) is 0 Å². The number of unbranched alkanes of at least 4 members (excludes halogenated alkanes) is 5. The molecule has 0 heterocycles. The number of nitrogens with one attached hydrogen (secondary N) is 1. The molecule has 0 bridgehead atoms. The van der Waals surface area contributed by atoms with Gasteiger partial charge in [0, 0.05) is 0 Å². The fraction of sp³-hybridized carbons (Fsp3) is 0.833. The van der Waals surface area contributed by atoms with Crippen LogP contribution in [0.2, 0.25) is 0 Å². The van der Waals surface area contributed by atoms with Gasteiger partial charge in [-0.25, -0.2) is 0 Å². The molecule has 0 fully saturated rings. The van der Waals surface area contributed by atoms with E-state index in [-0.39, 0.29) is 0 Å². The second-order valence-electron chi connectivity index (χ2n) is 3.60. The maximum absolute atomic E-state index is 3.71. The van der Waals surface area contributed by atoms with Gasteiger partial charge in [0.2, 0.25) is 0 Å². The van der Waals surface area contributed by atoms with Crippen molar-refractivity contribution in [2.75, 3.05) is 13.1 Å². The first-order chi connectivity index (χ1) is 6.41. The van der Waals surface area contributed by atoms with E-state index in [2.05, 4.69) is 18.8 Å². The molecular formula is C12H25N. The summed E-state index contributed by atoms with van der Waals surface area (Å²) < 4.78 is 0. The number of rotatable bonds is 10. The van der Waals surface area contributed by atoms with Crippen LogP contribution in [0.4, 0.5) is 0 Å². The molecule has 13 heavy (non-hydrogen) atoms. The quantitative estimate of drug-likeness (QED) is 0.404. The Kier molecular flexibility index (Phi) is 11.4. The molecule has 0 saturated heterocycles. The van der Waals surface area contributed by atoms with Crippen LogP contribution in [-0.4, -0.2) is 13.1 Å². The Bertz CT molecular complexity index is 99.3. The molecular weight excluding hydrogens is 158 g/mol. The third-order valence-electron chi connectivity index (χ3n) is 2.22. The predicted octanol–water partition coefficient (Wildman–Crippen LogP) is 3.51. The van der Waals surface area contributed by atoms with Crippen LogP contribution in [0, 0.1) is 0 Å². The molecule has 0 amide bonds. The van der Waals surface area contributed by atoms with Crippen molar-refractivity contribution in [2.24, 2.45) is 0 Å². The fourth-order valence-corrected chi connectivity index (χ4v) is 1.34. The van der Waals surface area contributed by atoms with Gasteiger partial charge >= 0.3 is 0 Å². The van der Waals surface area contributed by atoms with Gasteiger partial charge < -0.3 is 5.32 Å². The molecule has 0 atom stereocenters. The fourth-order valence-electron chi connectivity index (χ4n) is 1.34. The minimum Gasteiger partial charge on any atom is -0.317 e. The molecule has 0 rings (SSSR count). The highest BCUT2D eigenvalue weighted by Crippen LogP contribution is 1.98. The first kappa shape index (κ1) is 12.7. The van der Waals surface area contributed by atoms with Crippen molar-refractivity contribution in [2.45, 2.75) is 51.9 Å². The highest BCUT2D eigenvalue weighted by atomic mass is 14.8. The topological polar surface area (TPSA) is 12.0 Å². The van der Waals surface area contributed by atoms with Crippen LogP contribution in [-0.2, 0) is 0 Å². The zero-order valence-electron chi connectivity index (χ0n) is 9.15. The Morgan fingerprint density at radius 1 is 1.00 bits per heavy atom. The van der Waals surface area contributed by atoms with E-state index in [1.807, 2.05) is 6.08 Å². The van der Waals surface area contributed by atoms with Crippen LogP contribution in [0.3, 0.4) is 0 Å². The molecule has 0 aliphatic rings. The van der Waals surface area contributed by atoms with Crippen LogP contribution in [0.5, 0.6) is 0 Å². The first-order valence-corrected chi connectivity index (χ1v) is 5.73. The normalized spacial score (nSPS) is 10.2. The van der Waals surface area contributed by atoms with Crippen molar-refractivity contribution < 1.29 is 0 Å². The second kappa shape index (κ2) is 11.7. The van der Waals surface area contributed by atoms with Gasteiger partial charge in [0.15, 0.2) is 0 Å². The summed E-state index contributed by atoms with van der Waals surface area (Å²) in [7, 11) is 0. The lowest BCUT2D eigenvalue weighted by molar-refractivity contribution is 0.577. The third kappa shape index (κ3) is 11.7. The molecule has 1 N–H and O–H groups in total. The summed E-state index contributed by atoms with van der Waals surface area (Å²) in [6, 6.07) is 0. The molecule has 0 unspecified atom stereocenters. The Balaban J connectivity index is 2.79. The summed E-state index contributed by atoms with van der Waals surface area (Å²) in [5.74, 6) is 0. The van der Waals surface area contributed by atoms with Crippen LogP contribution in [0.25, 0.3) is 0 Å². The average Bonchev–Trinajstić information content (AvgIpc) is 2.16. The van der Waals surface area contributed by atoms with Crippen molar-refractivity contribution in [1.82, 2.24) is 5.32 Å². The van der Waals surface area contributed by atoms with Gasteiger partial charge in [-0.1, -0.05) is 32.3 Å². The summed E-state index contributed by atoms with van der Waals surface area (Å²) in [5, 5.41) is 3.47. The molecule has 1 nitrogen and oxygen atoms in total. The zero-order chi connectivity index (χ0) is 9.78. The van der Waals surface area contributed by atoms with Gasteiger partial charge in [-0.3, -0.25) is 0 Å². The SMILES string of the molecule is C=CCCCCCNCCCCC. The monoisotopic (exact) mass is 183 g/mol. The lowest BCUT2D eigenvalue weighted by Gasteiger charge is -2.03. The van der Waals surface area contributed by atoms with Crippen molar-refractivity contribution in [1.29, 1.82) is 0 Å². The molecule has 0 aromatic rings. The van der Waals surface area contributed by atoms with Crippen molar-refractivity contribution >= 4 is 0 Å². The predicted molar refractivity (Wildman–Crippen MR) is 61.1 cm³/mol. The number of hydrogen-bond acceptors (Lipinski definition) is 1. The van der Waals surface area contributed by atoms with Gasteiger partial charge in [-0.15, -0.1) is 6.58 Å². The highest BCUT2D eigenvalue weighted by molar-refractivity contribution is 4.65. The molecule has 0 aliphatic heterocycles. The van der Waals surface area contributed by atoms with Crippen LogP contribution in [0.15, 0.2) is 12.7 Å². The lowest BCUT2D eigenvalue weighted by atomic mass is 10.2. The van der Waals surface area contributed by atoms with E-state index in [0.717, 1.165) is 0 Å². The van der Waals surface area contributed by atoms with Crippen LogP contribution >= 0.6 is 0 Å². The zero-order valence-corrected chi connectivity index (χ0v) is 9.15. The molecule has 1 heteroatoms. The van der Waals surface area contributed by atoms with E-state index >= 15 is 0 Å². The second-order valence-corrected chi connectivity index (χ2v) is 3.60. The minimum absolute atomic E-state index is 1.18. The summed E-state index contributed by atoms with van der Waals surface area (Å²) in [6.07, 6.45) is 11.2.